The zero-order chi connectivity index (χ0) is 14.7. The Morgan fingerprint density at radius 2 is 2.05 bits per heavy atom. The van der Waals surface area contributed by atoms with Crippen LogP contribution in [0.25, 0.3) is 0 Å². The number of amides is 2. The largest absolute Gasteiger partial charge is 0.481 e. The second-order valence-electron chi connectivity index (χ2n) is 6.06. The summed E-state index contributed by atoms with van der Waals surface area (Å²) in [4.78, 5) is 27.1. The van der Waals surface area contributed by atoms with E-state index in [0.29, 0.717) is 25.6 Å². The van der Waals surface area contributed by atoms with E-state index >= 15 is 0 Å². The molecule has 2 aliphatic heterocycles. The monoisotopic (exact) mass is 283 g/mol. The van der Waals surface area contributed by atoms with Gasteiger partial charge in [-0.25, -0.2) is 4.79 Å². The normalized spacial score (nSPS) is 30.7. The SMILES string of the molecule is CCN1CCC(CNC(=O)N2C[C@@H](C)[C@H](C(=O)O)C2)C1. The van der Waals surface area contributed by atoms with Gasteiger partial charge in [0.15, 0.2) is 0 Å². The molecule has 0 radical (unpaired) electrons. The number of carbonyl (C=O) groups is 2. The Bertz CT molecular complexity index is 375. The number of aliphatic carboxylic acids is 1. The van der Waals surface area contributed by atoms with E-state index in [1.807, 2.05) is 6.92 Å². The summed E-state index contributed by atoms with van der Waals surface area (Å²) in [5.74, 6) is -0.681. The van der Waals surface area contributed by atoms with Crippen LogP contribution in [0.3, 0.4) is 0 Å². The van der Waals surface area contributed by atoms with Crippen molar-refractivity contribution in [2.45, 2.75) is 20.3 Å². The molecule has 2 N–H and O–H groups in total. The zero-order valence-corrected chi connectivity index (χ0v) is 12.3. The first-order valence-electron chi connectivity index (χ1n) is 7.49. The molecule has 1 unspecified atom stereocenters. The van der Waals surface area contributed by atoms with Crippen LogP contribution in [-0.2, 0) is 4.79 Å². The summed E-state index contributed by atoms with van der Waals surface area (Å²) >= 11 is 0. The van der Waals surface area contributed by atoms with E-state index in [2.05, 4.69) is 17.1 Å². The maximum absolute atomic E-state index is 12.1. The number of nitrogens with zero attached hydrogens (tertiary/aromatic N) is 2. The lowest BCUT2D eigenvalue weighted by Crippen LogP contribution is -2.41. The predicted molar refractivity (Wildman–Crippen MR) is 75.5 cm³/mol. The average Bonchev–Trinajstić information content (AvgIpc) is 3.02. The molecule has 114 valence electrons. The molecule has 0 aromatic carbocycles. The number of carboxylic acid groups (broad SMARTS) is 1. The van der Waals surface area contributed by atoms with E-state index in [0.717, 1.165) is 26.1 Å². The van der Waals surface area contributed by atoms with E-state index < -0.39 is 11.9 Å². The molecular weight excluding hydrogens is 258 g/mol. The van der Waals surface area contributed by atoms with Crippen molar-refractivity contribution in [3.63, 3.8) is 0 Å². The number of hydrogen-bond donors (Lipinski definition) is 2. The molecule has 0 spiro atoms. The van der Waals surface area contributed by atoms with Gasteiger partial charge >= 0.3 is 12.0 Å². The maximum atomic E-state index is 12.1. The Kier molecular flexibility index (Phi) is 4.86. The van der Waals surface area contributed by atoms with Gasteiger partial charge in [-0.3, -0.25) is 4.79 Å². The number of carbonyl (C=O) groups excluding carboxylic acids is 1. The average molecular weight is 283 g/mol. The van der Waals surface area contributed by atoms with Crippen LogP contribution < -0.4 is 5.32 Å². The van der Waals surface area contributed by atoms with E-state index in [1.54, 1.807) is 4.90 Å². The summed E-state index contributed by atoms with van der Waals surface area (Å²) in [5.41, 5.74) is 0. The molecule has 2 fully saturated rings. The highest BCUT2D eigenvalue weighted by atomic mass is 16.4. The van der Waals surface area contributed by atoms with E-state index in [4.69, 9.17) is 5.11 Å². The second-order valence-corrected chi connectivity index (χ2v) is 6.06. The number of likely N-dealkylation sites (tertiary alicyclic amines) is 2. The molecule has 2 rings (SSSR count). The van der Waals surface area contributed by atoms with Crippen molar-refractivity contribution in [2.24, 2.45) is 17.8 Å². The van der Waals surface area contributed by atoms with Crippen molar-refractivity contribution in [1.82, 2.24) is 15.1 Å². The van der Waals surface area contributed by atoms with Gasteiger partial charge in [-0.1, -0.05) is 13.8 Å². The van der Waals surface area contributed by atoms with Gasteiger partial charge in [0.1, 0.15) is 0 Å². The fourth-order valence-corrected chi connectivity index (χ4v) is 3.16. The summed E-state index contributed by atoms with van der Waals surface area (Å²) in [7, 11) is 0. The van der Waals surface area contributed by atoms with Gasteiger partial charge in [0.25, 0.3) is 0 Å². The van der Waals surface area contributed by atoms with Crippen molar-refractivity contribution in [1.29, 1.82) is 0 Å². The Labute approximate surface area is 120 Å². The number of urea groups is 1. The first-order chi connectivity index (χ1) is 9.51. The zero-order valence-electron chi connectivity index (χ0n) is 12.3. The summed E-state index contributed by atoms with van der Waals surface area (Å²) in [5, 5.41) is 12.0. The third-order valence-corrected chi connectivity index (χ3v) is 4.58. The molecule has 2 amide bonds. The quantitative estimate of drug-likeness (QED) is 0.796. The van der Waals surface area contributed by atoms with Crippen molar-refractivity contribution in [3.05, 3.63) is 0 Å². The van der Waals surface area contributed by atoms with Crippen LogP contribution in [0.4, 0.5) is 4.79 Å². The number of nitrogens with one attached hydrogen (secondary N) is 1. The lowest BCUT2D eigenvalue weighted by Gasteiger charge is -2.19. The topological polar surface area (TPSA) is 72.9 Å². The Morgan fingerprint density at radius 3 is 2.60 bits per heavy atom. The minimum absolute atomic E-state index is 0.0281. The van der Waals surface area contributed by atoms with Gasteiger partial charge in [-0.2, -0.15) is 0 Å². The first kappa shape index (κ1) is 15.1. The first-order valence-corrected chi connectivity index (χ1v) is 7.49. The summed E-state index contributed by atoms with van der Waals surface area (Å²) in [6, 6.07) is -0.115. The van der Waals surface area contributed by atoms with E-state index in [9.17, 15) is 9.59 Å². The molecule has 2 saturated heterocycles. The van der Waals surface area contributed by atoms with E-state index in [-0.39, 0.29) is 11.9 Å². The minimum atomic E-state index is -0.804. The van der Waals surface area contributed by atoms with Crippen LogP contribution >= 0.6 is 0 Å². The lowest BCUT2D eigenvalue weighted by molar-refractivity contribution is -0.142. The molecule has 0 aromatic rings. The maximum Gasteiger partial charge on any atom is 0.317 e. The van der Waals surface area contributed by atoms with Crippen molar-refractivity contribution in [2.75, 3.05) is 39.3 Å². The summed E-state index contributed by atoms with van der Waals surface area (Å²) in [6.45, 7) is 8.82. The highest BCUT2D eigenvalue weighted by molar-refractivity contribution is 5.77. The third kappa shape index (κ3) is 3.42. The minimum Gasteiger partial charge on any atom is -0.481 e. The van der Waals surface area contributed by atoms with Crippen LogP contribution in [0.5, 0.6) is 0 Å². The van der Waals surface area contributed by atoms with Crippen molar-refractivity contribution >= 4 is 12.0 Å². The molecule has 0 bridgehead atoms. The van der Waals surface area contributed by atoms with Gasteiger partial charge in [-0.05, 0) is 31.3 Å². The summed E-state index contributed by atoms with van der Waals surface area (Å²) in [6.07, 6.45) is 1.13. The molecule has 2 heterocycles. The van der Waals surface area contributed by atoms with Crippen LogP contribution in [0.2, 0.25) is 0 Å². The highest BCUT2D eigenvalue weighted by Crippen LogP contribution is 2.23. The predicted octanol–water partition coefficient (Wildman–Crippen LogP) is 0.690. The van der Waals surface area contributed by atoms with E-state index in [1.165, 1.54) is 0 Å². The molecule has 6 nitrogen and oxygen atoms in total. The van der Waals surface area contributed by atoms with Crippen LogP contribution in [-0.4, -0.2) is 66.2 Å². The molecule has 3 atom stereocenters. The summed E-state index contributed by atoms with van der Waals surface area (Å²) < 4.78 is 0. The van der Waals surface area contributed by atoms with Crippen LogP contribution in [0.15, 0.2) is 0 Å². The molecule has 20 heavy (non-hydrogen) atoms. The number of hydrogen-bond acceptors (Lipinski definition) is 3. The molecule has 0 saturated carbocycles. The fraction of sp³-hybridized carbons (Fsp3) is 0.857. The van der Waals surface area contributed by atoms with Crippen LogP contribution in [0, 0.1) is 17.8 Å². The number of carboxylic acids is 1. The molecule has 6 heteroatoms. The van der Waals surface area contributed by atoms with Gasteiger partial charge < -0.3 is 20.2 Å². The fourth-order valence-electron chi connectivity index (χ4n) is 3.16. The van der Waals surface area contributed by atoms with Gasteiger partial charge in [0.2, 0.25) is 0 Å². The Morgan fingerprint density at radius 1 is 1.30 bits per heavy atom. The van der Waals surface area contributed by atoms with Gasteiger partial charge in [-0.15, -0.1) is 0 Å². The highest BCUT2D eigenvalue weighted by Gasteiger charge is 2.37. The Hall–Kier alpha value is -1.30. The number of rotatable bonds is 4. The van der Waals surface area contributed by atoms with Crippen molar-refractivity contribution < 1.29 is 14.7 Å². The van der Waals surface area contributed by atoms with Crippen molar-refractivity contribution in [3.8, 4) is 0 Å². The second kappa shape index (κ2) is 6.43. The third-order valence-electron chi connectivity index (χ3n) is 4.58. The molecule has 0 aromatic heterocycles. The smallest absolute Gasteiger partial charge is 0.317 e. The standard InChI is InChI=1S/C14H25N3O3/c1-3-16-5-4-11(8-16)6-15-14(20)17-7-10(2)12(9-17)13(18)19/h10-12H,3-9H2,1-2H3,(H,15,20)(H,18,19)/t10-,11?,12-/m1/s1. The van der Waals surface area contributed by atoms with Gasteiger partial charge in [0, 0.05) is 26.2 Å². The van der Waals surface area contributed by atoms with Crippen LogP contribution in [0.1, 0.15) is 20.3 Å². The molecule has 2 aliphatic rings. The molecule has 0 aliphatic carbocycles. The molecular formula is C14H25N3O3. The lowest BCUT2D eigenvalue weighted by atomic mass is 9.99. The Balaban J connectivity index is 1.75. The van der Waals surface area contributed by atoms with Gasteiger partial charge in [0.05, 0.1) is 5.92 Å².